The maximum absolute atomic E-state index is 13.2. The van der Waals surface area contributed by atoms with Gasteiger partial charge in [-0.1, -0.05) is 18.9 Å². The quantitative estimate of drug-likeness (QED) is 0.376. The number of nitrogens with zero attached hydrogens (tertiary/aromatic N) is 1. The number of amides is 1. The van der Waals surface area contributed by atoms with E-state index in [4.69, 9.17) is 4.74 Å². The van der Waals surface area contributed by atoms with Gasteiger partial charge in [0.25, 0.3) is 10.0 Å². The Labute approximate surface area is 211 Å². The third-order valence-electron chi connectivity index (χ3n) is 4.75. The van der Waals surface area contributed by atoms with Crippen molar-refractivity contribution in [1.29, 1.82) is 0 Å². The molecule has 0 bridgehead atoms. The van der Waals surface area contributed by atoms with Gasteiger partial charge in [0, 0.05) is 11.4 Å². The average Bonchev–Trinajstić information content (AvgIpc) is 2.78. The zero-order valence-electron chi connectivity index (χ0n) is 20.0. The van der Waals surface area contributed by atoms with Crippen LogP contribution in [0.15, 0.2) is 47.4 Å². The molecule has 3 rings (SSSR count). The second kappa shape index (κ2) is 12.0. The summed E-state index contributed by atoms with van der Waals surface area (Å²) >= 11 is 1.71. The number of hydrogen-bond acceptors (Lipinski definition) is 7. The van der Waals surface area contributed by atoms with Crippen molar-refractivity contribution in [3.05, 3.63) is 48.3 Å². The van der Waals surface area contributed by atoms with Gasteiger partial charge >= 0.3 is 12.3 Å². The van der Waals surface area contributed by atoms with E-state index in [0.29, 0.717) is 13.8 Å². The molecule has 0 atom stereocenters. The van der Waals surface area contributed by atoms with Crippen molar-refractivity contribution in [2.75, 3.05) is 35.6 Å². The molecule has 0 unspecified atom stereocenters. The molecular formula is C22H27F4N3O5S2. The SMILES string of the molecule is CC(C)(OC(=O)Nc1ccc2c(c1)N(S(=O)(=O)c1ccc(F)cc1)CCO2)C(F)(F)F.CCSNC. The predicted molar refractivity (Wildman–Crippen MR) is 130 cm³/mol. The molecule has 0 fully saturated rings. The molecule has 1 amide bonds. The van der Waals surface area contributed by atoms with Crippen LogP contribution in [0.25, 0.3) is 0 Å². The maximum Gasteiger partial charge on any atom is 0.427 e. The Bertz CT molecular complexity index is 1140. The second-order valence-corrected chi connectivity index (χ2v) is 10.9. The minimum atomic E-state index is -4.78. The monoisotopic (exact) mass is 553 g/mol. The number of carbonyl (C=O) groups is 1. The van der Waals surface area contributed by atoms with E-state index in [2.05, 4.69) is 21.7 Å². The van der Waals surface area contributed by atoms with Crippen molar-refractivity contribution >= 4 is 39.4 Å². The Balaban J connectivity index is 0.000000830. The van der Waals surface area contributed by atoms with Gasteiger partial charge in [0.15, 0.2) is 0 Å². The third-order valence-corrected chi connectivity index (χ3v) is 7.15. The van der Waals surface area contributed by atoms with Crippen molar-refractivity contribution in [2.45, 2.75) is 37.4 Å². The van der Waals surface area contributed by atoms with Crippen molar-refractivity contribution in [3.8, 4) is 5.75 Å². The van der Waals surface area contributed by atoms with E-state index in [-0.39, 0.29) is 35.2 Å². The van der Waals surface area contributed by atoms with Crippen LogP contribution in [0.1, 0.15) is 20.8 Å². The molecule has 1 heterocycles. The van der Waals surface area contributed by atoms with Gasteiger partial charge < -0.3 is 9.47 Å². The summed E-state index contributed by atoms with van der Waals surface area (Å²) < 4.78 is 91.7. The molecule has 200 valence electrons. The lowest BCUT2D eigenvalue weighted by Crippen LogP contribution is -2.44. The first kappa shape index (κ1) is 29.5. The Morgan fingerprint density at radius 2 is 1.81 bits per heavy atom. The fourth-order valence-electron chi connectivity index (χ4n) is 2.83. The predicted octanol–water partition coefficient (Wildman–Crippen LogP) is 5.18. The summed E-state index contributed by atoms with van der Waals surface area (Å²) in [6, 6.07) is 8.16. The average molecular weight is 554 g/mol. The van der Waals surface area contributed by atoms with Crippen LogP contribution in [0, 0.1) is 5.82 Å². The first-order chi connectivity index (χ1) is 16.7. The Hall–Kier alpha value is -2.71. The van der Waals surface area contributed by atoms with Gasteiger partial charge in [-0.05, 0) is 63.4 Å². The summed E-state index contributed by atoms with van der Waals surface area (Å²) in [7, 11) is -2.17. The largest absolute Gasteiger partial charge is 0.489 e. The molecule has 0 radical (unpaired) electrons. The normalized spacial score (nSPS) is 13.6. The first-order valence-electron chi connectivity index (χ1n) is 10.6. The molecule has 2 aromatic carbocycles. The standard InChI is InChI=1S/C19H18F4N2O5S.C3H9NS/c1-18(2,19(21,22)23)30-17(26)24-13-5-8-16-15(11-13)25(9-10-29-16)31(27,28)14-6-3-12(20)4-7-14;1-3-5-4-2/h3-8,11H,9-10H2,1-2H3,(H,24,26);4H,3H2,1-2H3. The molecule has 1 aliphatic rings. The van der Waals surface area contributed by atoms with Crippen LogP contribution in [0.4, 0.5) is 33.7 Å². The van der Waals surface area contributed by atoms with Gasteiger partial charge in [0.1, 0.15) is 18.2 Å². The summed E-state index contributed by atoms with van der Waals surface area (Å²) in [4.78, 5) is 11.8. The van der Waals surface area contributed by atoms with E-state index in [1.807, 2.05) is 7.05 Å². The smallest absolute Gasteiger partial charge is 0.427 e. The summed E-state index contributed by atoms with van der Waals surface area (Å²) in [5, 5.41) is 2.15. The maximum atomic E-state index is 13.2. The van der Waals surface area contributed by atoms with Crippen LogP contribution in [-0.4, -0.2) is 52.2 Å². The number of fused-ring (bicyclic) bond motifs is 1. The van der Waals surface area contributed by atoms with E-state index in [1.54, 1.807) is 11.9 Å². The number of nitrogens with one attached hydrogen (secondary N) is 2. The van der Waals surface area contributed by atoms with Crippen LogP contribution >= 0.6 is 11.9 Å². The van der Waals surface area contributed by atoms with Crippen molar-refractivity contribution in [3.63, 3.8) is 0 Å². The molecule has 2 N–H and O–H groups in total. The number of carbonyl (C=O) groups excluding carboxylic acids is 1. The molecule has 0 aliphatic carbocycles. The molecule has 14 heteroatoms. The van der Waals surface area contributed by atoms with E-state index in [1.165, 1.54) is 18.2 Å². The highest BCUT2D eigenvalue weighted by Crippen LogP contribution is 2.38. The lowest BCUT2D eigenvalue weighted by molar-refractivity contribution is -0.242. The molecule has 0 saturated heterocycles. The molecule has 1 aliphatic heterocycles. The summed E-state index contributed by atoms with van der Waals surface area (Å²) in [5.74, 6) is 0.732. The minimum absolute atomic E-state index is 0.00784. The number of anilines is 2. The highest BCUT2D eigenvalue weighted by Gasteiger charge is 2.51. The number of benzene rings is 2. The van der Waals surface area contributed by atoms with Crippen LogP contribution < -0.4 is 19.1 Å². The van der Waals surface area contributed by atoms with E-state index < -0.39 is 33.7 Å². The van der Waals surface area contributed by atoms with Gasteiger partial charge in [0.05, 0.1) is 17.1 Å². The second-order valence-electron chi connectivity index (χ2n) is 7.72. The first-order valence-corrected chi connectivity index (χ1v) is 13.1. The van der Waals surface area contributed by atoms with Gasteiger partial charge in [-0.3, -0.25) is 14.3 Å². The number of rotatable bonds is 6. The van der Waals surface area contributed by atoms with E-state index in [0.717, 1.165) is 34.3 Å². The minimum Gasteiger partial charge on any atom is -0.489 e. The van der Waals surface area contributed by atoms with Crippen molar-refractivity contribution < 1.29 is 40.2 Å². The summed E-state index contributed by atoms with van der Waals surface area (Å²) in [5.41, 5.74) is -2.68. The van der Waals surface area contributed by atoms with Gasteiger partial charge in [-0.2, -0.15) is 13.2 Å². The van der Waals surface area contributed by atoms with Gasteiger partial charge in [-0.25, -0.2) is 17.6 Å². The Kier molecular flexibility index (Phi) is 9.85. The highest BCUT2D eigenvalue weighted by molar-refractivity contribution is 7.97. The number of sulfonamides is 1. The zero-order chi connectivity index (χ0) is 27.1. The fourth-order valence-corrected chi connectivity index (χ4v) is 4.57. The van der Waals surface area contributed by atoms with Gasteiger partial charge in [0.2, 0.25) is 5.60 Å². The zero-order valence-corrected chi connectivity index (χ0v) is 21.6. The lowest BCUT2D eigenvalue weighted by Gasteiger charge is -2.31. The fraction of sp³-hybridized carbons (Fsp3) is 0.409. The van der Waals surface area contributed by atoms with Crippen LogP contribution in [0.5, 0.6) is 5.75 Å². The molecular weight excluding hydrogens is 526 g/mol. The number of alkyl halides is 3. The van der Waals surface area contributed by atoms with Crippen molar-refractivity contribution in [2.24, 2.45) is 0 Å². The number of halogens is 4. The Morgan fingerprint density at radius 3 is 2.33 bits per heavy atom. The highest BCUT2D eigenvalue weighted by atomic mass is 32.2. The number of hydrogen-bond donors (Lipinski definition) is 2. The third kappa shape index (κ3) is 7.40. The van der Waals surface area contributed by atoms with Crippen molar-refractivity contribution in [1.82, 2.24) is 4.72 Å². The summed E-state index contributed by atoms with van der Waals surface area (Å²) in [6.45, 7) is 3.49. The summed E-state index contributed by atoms with van der Waals surface area (Å²) in [6.07, 6.45) is -6.15. The number of ether oxygens (including phenoxy) is 2. The Morgan fingerprint density at radius 1 is 1.17 bits per heavy atom. The lowest BCUT2D eigenvalue weighted by atomic mass is 10.1. The molecule has 0 spiro atoms. The van der Waals surface area contributed by atoms with Crippen LogP contribution in [0.3, 0.4) is 0 Å². The molecule has 8 nitrogen and oxygen atoms in total. The van der Waals surface area contributed by atoms with Crippen LogP contribution in [0.2, 0.25) is 0 Å². The molecule has 0 aromatic heterocycles. The van der Waals surface area contributed by atoms with E-state index in [9.17, 15) is 30.8 Å². The molecule has 2 aromatic rings. The topological polar surface area (TPSA) is 97.0 Å². The molecule has 36 heavy (non-hydrogen) atoms. The van der Waals surface area contributed by atoms with Crippen LogP contribution in [-0.2, 0) is 14.8 Å². The molecule has 0 saturated carbocycles. The van der Waals surface area contributed by atoms with E-state index >= 15 is 0 Å². The van der Waals surface area contributed by atoms with Gasteiger partial charge in [-0.15, -0.1) is 0 Å².